The molecule has 0 radical (unpaired) electrons. The van der Waals surface area contributed by atoms with Gasteiger partial charge in [-0.25, -0.2) is 4.79 Å². The van der Waals surface area contributed by atoms with E-state index in [0.717, 1.165) is 0 Å². The average molecular weight is 208 g/mol. The third-order valence-electron chi connectivity index (χ3n) is 2.03. The molecule has 2 rings (SSSR count). The van der Waals surface area contributed by atoms with E-state index in [1.807, 2.05) is 6.07 Å². The molecular formula is C11H12O4. The molecular weight excluding hydrogens is 196 g/mol. The number of carbonyl (C=O) groups excluding carboxylic acids is 1. The molecule has 4 heteroatoms. The van der Waals surface area contributed by atoms with E-state index in [1.165, 1.54) is 0 Å². The molecule has 1 saturated heterocycles. The SMILES string of the molecule is O=C(O[C@@H]1COCCO1)c1ccccc1. The molecule has 0 saturated carbocycles. The third kappa shape index (κ3) is 2.78. The van der Waals surface area contributed by atoms with Crippen LogP contribution >= 0.6 is 0 Å². The first-order chi connectivity index (χ1) is 7.36. The zero-order chi connectivity index (χ0) is 10.5. The molecule has 0 spiro atoms. The first-order valence-corrected chi connectivity index (χ1v) is 4.81. The Hall–Kier alpha value is -1.39. The van der Waals surface area contributed by atoms with Gasteiger partial charge in [-0.15, -0.1) is 0 Å². The summed E-state index contributed by atoms with van der Waals surface area (Å²) in [6, 6.07) is 8.82. The molecule has 15 heavy (non-hydrogen) atoms. The summed E-state index contributed by atoms with van der Waals surface area (Å²) in [7, 11) is 0. The fraction of sp³-hybridized carbons (Fsp3) is 0.364. The van der Waals surface area contributed by atoms with Crippen LogP contribution in [0.4, 0.5) is 0 Å². The molecule has 0 bridgehead atoms. The summed E-state index contributed by atoms with van der Waals surface area (Å²) in [6.07, 6.45) is -0.577. The highest BCUT2D eigenvalue weighted by Crippen LogP contribution is 2.07. The molecule has 1 fully saturated rings. The number of hydrogen-bond donors (Lipinski definition) is 0. The summed E-state index contributed by atoms with van der Waals surface area (Å²) in [5.41, 5.74) is 0.520. The van der Waals surface area contributed by atoms with Crippen molar-refractivity contribution in [1.29, 1.82) is 0 Å². The summed E-state index contributed by atoms with van der Waals surface area (Å²) in [6.45, 7) is 1.32. The lowest BCUT2D eigenvalue weighted by Gasteiger charge is -2.22. The standard InChI is InChI=1S/C11H12O4/c12-11(9-4-2-1-3-5-9)15-10-8-13-6-7-14-10/h1-5,10H,6-8H2/t10-/m1/s1. The molecule has 0 aromatic heterocycles. The summed E-state index contributed by atoms with van der Waals surface area (Å²) in [5, 5.41) is 0. The van der Waals surface area contributed by atoms with E-state index in [4.69, 9.17) is 14.2 Å². The Kier molecular flexibility index (Phi) is 3.32. The summed E-state index contributed by atoms with van der Waals surface area (Å²) in [4.78, 5) is 11.6. The highest BCUT2D eigenvalue weighted by molar-refractivity contribution is 5.89. The van der Waals surface area contributed by atoms with Crippen molar-refractivity contribution in [3.8, 4) is 0 Å². The van der Waals surface area contributed by atoms with E-state index >= 15 is 0 Å². The van der Waals surface area contributed by atoms with Gasteiger partial charge in [0.05, 0.1) is 18.8 Å². The second-order valence-corrected chi connectivity index (χ2v) is 3.15. The molecule has 0 unspecified atom stereocenters. The van der Waals surface area contributed by atoms with Crippen molar-refractivity contribution in [3.05, 3.63) is 35.9 Å². The maximum absolute atomic E-state index is 11.6. The Labute approximate surface area is 87.8 Å². The van der Waals surface area contributed by atoms with Gasteiger partial charge in [0.2, 0.25) is 6.29 Å². The van der Waals surface area contributed by atoms with Crippen molar-refractivity contribution >= 4 is 5.97 Å². The minimum Gasteiger partial charge on any atom is -0.430 e. The fourth-order valence-electron chi connectivity index (χ4n) is 1.30. The Bertz CT molecular complexity index is 317. The van der Waals surface area contributed by atoms with E-state index in [9.17, 15) is 4.79 Å². The summed E-state index contributed by atoms with van der Waals surface area (Å²) in [5.74, 6) is -0.383. The van der Waals surface area contributed by atoms with Crippen molar-refractivity contribution < 1.29 is 19.0 Å². The van der Waals surface area contributed by atoms with Gasteiger partial charge in [-0.1, -0.05) is 18.2 Å². The van der Waals surface area contributed by atoms with Gasteiger partial charge in [0.1, 0.15) is 6.61 Å². The van der Waals surface area contributed by atoms with Gasteiger partial charge < -0.3 is 14.2 Å². The van der Waals surface area contributed by atoms with Crippen molar-refractivity contribution in [2.45, 2.75) is 6.29 Å². The minimum absolute atomic E-state index is 0.304. The number of rotatable bonds is 2. The fourth-order valence-corrected chi connectivity index (χ4v) is 1.30. The smallest absolute Gasteiger partial charge is 0.340 e. The van der Waals surface area contributed by atoms with Gasteiger partial charge in [0.25, 0.3) is 0 Å². The van der Waals surface area contributed by atoms with Crippen LogP contribution in [0.3, 0.4) is 0 Å². The lowest BCUT2D eigenvalue weighted by Crippen LogP contribution is -2.32. The number of esters is 1. The van der Waals surface area contributed by atoms with Gasteiger partial charge in [0, 0.05) is 0 Å². The lowest BCUT2D eigenvalue weighted by molar-refractivity contribution is -0.186. The minimum atomic E-state index is -0.577. The van der Waals surface area contributed by atoms with Gasteiger partial charge in [0.15, 0.2) is 0 Å². The second-order valence-electron chi connectivity index (χ2n) is 3.15. The highest BCUT2D eigenvalue weighted by atomic mass is 16.7. The molecule has 0 amide bonds. The molecule has 0 N–H and O–H groups in total. The van der Waals surface area contributed by atoms with Crippen LogP contribution in [0, 0.1) is 0 Å². The molecule has 1 aliphatic rings. The Balaban J connectivity index is 1.91. The van der Waals surface area contributed by atoms with E-state index in [0.29, 0.717) is 25.4 Å². The molecule has 1 heterocycles. The molecule has 4 nitrogen and oxygen atoms in total. The monoisotopic (exact) mass is 208 g/mol. The number of carbonyl (C=O) groups is 1. The number of hydrogen-bond acceptors (Lipinski definition) is 4. The van der Waals surface area contributed by atoms with Crippen LogP contribution in [0.2, 0.25) is 0 Å². The van der Waals surface area contributed by atoms with Crippen LogP contribution < -0.4 is 0 Å². The van der Waals surface area contributed by atoms with Crippen LogP contribution in [0.5, 0.6) is 0 Å². The van der Waals surface area contributed by atoms with E-state index in [2.05, 4.69) is 0 Å². The summed E-state index contributed by atoms with van der Waals surface area (Å²) >= 11 is 0. The van der Waals surface area contributed by atoms with Crippen LogP contribution in [0.1, 0.15) is 10.4 Å². The Morgan fingerprint density at radius 1 is 1.27 bits per heavy atom. The van der Waals surface area contributed by atoms with Crippen LogP contribution in [-0.2, 0) is 14.2 Å². The van der Waals surface area contributed by atoms with Gasteiger partial charge in [-0.05, 0) is 12.1 Å². The van der Waals surface area contributed by atoms with Crippen molar-refractivity contribution in [3.63, 3.8) is 0 Å². The first kappa shape index (κ1) is 10.1. The molecule has 80 valence electrons. The molecule has 1 aliphatic heterocycles. The predicted molar refractivity (Wildman–Crippen MR) is 52.4 cm³/mol. The quantitative estimate of drug-likeness (QED) is 0.685. The van der Waals surface area contributed by atoms with Crippen LogP contribution in [0.25, 0.3) is 0 Å². The van der Waals surface area contributed by atoms with Crippen molar-refractivity contribution in [2.75, 3.05) is 19.8 Å². The predicted octanol–water partition coefficient (Wildman–Crippen LogP) is 1.22. The zero-order valence-corrected chi connectivity index (χ0v) is 8.22. The highest BCUT2D eigenvalue weighted by Gasteiger charge is 2.19. The average Bonchev–Trinajstić information content (AvgIpc) is 2.31. The molecule has 0 aliphatic carbocycles. The van der Waals surface area contributed by atoms with Gasteiger partial charge in [-0.3, -0.25) is 0 Å². The van der Waals surface area contributed by atoms with Crippen LogP contribution in [-0.4, -0.2) is 32.1 Å². The number of ether oxygens (including phenoxy) is 3. The second kappa shape index (κ2) is 4.91. The molecule has 1 aromatic rings. The lowest BCUT2D eigenvalue weighted by atomic mass is 10.2. The topological polar surface area (TPSA) is 44.8 Å². The summed E-state index contributed by atoms with van der Waals surface area (Å²) < 4.78 is 15.4. The molecule has 1 atom stereocenters. The zero-order valence-electron chi connectivity index (χ0n) is 8.22. The maximum Gasteiger partial charge on any atom is 0.340 e. The van der Waals surface area contributed by atoms with Crippen molar-refractivity contribution in [1.82, 2.24) is 0 Å². The van der Waals surface area contributed by atoms with Crippen LogP contribution in [0.15, 0.2) is 30.3 Å². The molecule has 1 aromatic carbocycles. The van der Waals surface area contributed by atoms with Gasteiger partial charge >= 0.3 is 5.97 Å². The van der Waals surface area contributed by atoms with Crippen molar-refractivity contribution in [2.24, 2.45) is 0 Å². The van der Waals surface area contributed by atoms with E-state index in [-0.39, 0.29) is 5.97 Å². The largest absolute Gasteiger partial charge is 0.430 e. The first-order valence-electron chi connectivity index (χ1n) is 4.81. The normalized spacial score (nSPS) is 20.9. The van der Waals surface area contributed by atoms with Gasteiger partial charge in [-0.2, -0.15) is 0 Å². The number of benzene rings is 1. The van der Waals surface area contributed by atoms with E-state index in [1.54, 1.807) is 24.3 Å². The third-order valence-corrected chi connectivity index (χ3v) is 2.03. The van der Waals surface area contributed by atoms with E-state index < -0.39 is 6.29 Å². The maximum atomic E-state index is 11.6. The Morgan fingerprint density at radius 2 is 2.07 bits per heavy atom. The Morgan fingerprint density at radius 3 is 2.73 bits per heavy atom.